The zero-order valence-corrected chi connectivity index (χ0v) is 14.8. The van der Waals surface area contributed by atoms with E-state index in [0.717, 1.165) is 32.7 Å². The maximum Gasteiger partial charge on any atom is 0.253 e. The highest BCUT2D eigenvalue weighted by molar-refractivity contribution is 5.94. The van der Waals surface area contributed by atoms with Crippen molar-refractivity contribution in [3.05, 3.63) is 65.2 Å². The number of nitrogens with zero attached hydrogens (tertiary/aromatic N) is 2. The van der Waals surface area contributed by atoms with Gasteiger partial charge in [-0.25, -0.2) is 0 Å². The van der Waals surface area contributed by atoms with Crippen molar-refractivity contribution in [1.29, 1.82) is 0 Å². The molecule has 0 atom stereocenters. The Morgan fingerprint density at radius 1 is 1.00 bits per heavy atom. The van der Waals surface area contributed by atoms with E-state index in [-0.39, 0.29) is 18.3 Å². The average molecular weight is 346 g/mol. The molecule has 1 fully saturated rings. The molecule has 2 N–H and O–H groups in total. The molecule has 1 heterocycles. The maximum atomic E-state index is 12.5. The Hall–Kier alpha value is -2.04. The van der Waals surface area contributed by atoms with Crippen LogP contribution < -0.4 is 5.73 Å². The molecule has 0 radical (unpaired) electrons. The molecule has 5 heteroatoms. The predicted octanol–water partition coefficient (Wildman–Crippen LogP) is 2.96. The molecule has 128 valence electrons. The zero-order chi connectivity index (χ0) is 16.2. The number of carbonyl (C=O) groups is 1. The SMILES string of the molecule is Cc1ccccc1CN1CCN(C(=O)c2ccc(N)cc2)CC1.Cl. The van der Waals surface area contributed by atoms with Crippen LogP contribution in [0.25, 0.3) is 0 Å². The van der Waals surface area contributed by atoms with E-state index in [4.69, 9.17) is 5.73 Å². The topological polar surface area (TPSA) is 49.6 Å². The summed E-state index contributed by atoms with van der Waals surface area (Å²) in [5.74, 6) is 0.0977. The molecule has 2 aromatic carbocycles. The Morgan fingerprint density at radius 2 is 1.62 bits per heavy atom. The number of hydrogen-bond acceptors (Lipinski definition) is 3. The lowest BCUT2D eigenvalue weighted by molar-refractivity contribution is 0.0628. The van der Waals surface area contributed by atoms with E-state index in [0.29, 0.717) is 11.3 Å². The third-order valence-electron chi connectivity index (χ3n) is 4.47. The molecular formula is C19H24ClN3O. The van der Waals surface area contributed by atoms with Crippen LogP contribution in [0.4, 0.5) is 5.69 Å². The Balaban J connectivity index is 0.00000208. The number of carbonyl (C=O) groups excluding carboxylic acids is 1. The first kappa shape index (κ1) is 18.3. The molecule has 0 spiro atoms. The third-order valence-corrected chi connectivity index (χ3v) is 4.47. The first-order chi connectivity index (χ1) is 11.1. The number of anilines is 1. The van der Waals surface area contributed by atoms with Gasteiger partial charge in [-0.15, -0.1) is 12.4 Å². The van der Waals surface area contributed by atoms with Gasteiger partial charge in [0.05, 0.1) is 0 Å². The number of rotatable bonds is 3. The lowest BCUT2D eigenvalue weighted by Crippen LogP contribution is -2.48. The van der Waals surface area contributed by atoms with Crippen LogP contribution >= 0.6 is 12.4 Å². The van der Waals surface area contributed by atoms with Gasteiger partial charge in [-0.3, -0.25) is 9.69 Å². The summed E-state index contributed by atoms with van der Waals surface area (Å²) in [6.07, 6.45) is 0. The van der Waals surface area contributed by atoms with Crippen molar-refractivity contribution in [3.8, 4) is 0 Å². The molecule has 0 bridgehead atoms. The number of amides is 1. The molecule has 1 amide bonds. The van der Waals surface area contributed by atoms with E-state index in [1.807, 2.05) is 4.90 Å². The highest BCUT2D eigenvalue weighted by atomic mass is 35.5. The summed E-state index contributed by atoms with van der Waals surface area (Å²) in [6.45, 7) is 6.47. The van der Waals surface area contributed by atoms with Crippen LogP contribution in [0.1, 0.15) is 21.5 Å². The fourth-order valence-corrected chi connectivity index (χ4v) is 2.95. The second kappa shape index (κ2) is 8.18. The number of hydrogen-bond donors (Lipinski definition) is 1. The van der Waals surface area contributed by atoms with E-state index in [2.05, 4.69) is 36.1 Å². The van der Waals surface area contributed by atoms with Crippen LogP contribution in [0.2, 0.25) is 0 Å². The van der Waals surface area contributed by atoms with Crippen molar-refractivity contribution in [1.82, 2.24) is 9.80 Å². The summed E-state index contributed by atoms with van der Waals surface area (Å²) in [4.78, 5) is 16.8. The second-order valence-corrected chi connectivity index (χ2v) is 6.12. The first-order valence-corrected chi connectivity index (χ1v) is 8.05. The van der Waals surface area contributed by atoms with Crippen LogP contribution in [-0.4, -0.2) is 41.9 Å². The van der Waals surface area contributed by atoms with E-state index >= 15 is 0 Å². The monoisotopic (exact) mass is 345 g/mol. The third kappa shape index (κ3) is 4.28. The molecule has 4 nitrogen and oxygen atoms in total. The average Bonchev–Trinajstić information content (AvgIpc) is 2.58. The maximum absolute atomic E-state index is 12.5. The Morgan fingerprint density at radius 3 is 2.25 bits per heavy atom. The van der Waals surface area contributed by atoms with Gasteiger partial charge in [-0.2, -0.15) is 0 Å². The van der Waals surface area contributed by atoms with Gasteiger partial charge in [0.25, 0.3) is 5.91 Å². The molecule has 24 heavy (non-hydrogen) atoms. The fourth-order valence-electron chi connectivity index (χ4n) is 2.95. The lowest BCUT2D eigenvalue weighted by Gasteiger charge is -2.35. The molecule has 0 aromatic heterocycles. The Bertz CT molecular complexity index is 679. The van der Waals surface area contributed by atoms with Crippen LogP contribution in [0, 0.1) is 6.92 Å². The molecule has 1 saturated heterocycles. The highest BCUT2D eigenvalue weighted by Gasteiger charge is 2.22. The minimum Gasteiger partial charge on any atom is -0.399 e. The molecular weight excluding hydrogens is 322 g/mol. The standard InChI is InChI=1S/C19H23N3O.ClH/c1-15-4-2-3-5-17(15)14-21-10-12-22(13-11-21)19(23)16-6-8-18(20)9-7-16;/h2-9H,10-14,20H2,1H3;1H. The number of aryl methyl sites for hydroxylation is 1. The first-order valence-electron chi connectivity index (χ1n) is 8.05. The Labute approximate surface area is 149 Å². The predicted molar refractivity (Wildman–Crippen MR) is 100 cm³/mol. The molecule has 1 aliphatic heterocycles. The minimum absolute atomic E-state index is 0. The number of nitrogen functional groups attached to an aromatic ring is 1. The van der Waals surface area contributed by atoms with Crippen LogP contribution in [0.5, 0.6) is 0 Å². The van der Waals surface area contributed by atoms with Crippen LogP contribution in [-0.2, 0) is 6.54 Å². The molecule has 2 aromatic rings. The summed E-state index contributed by atoms with van der Waals surface area (Å²) in [7, 11) is 0. The number of nitrogens with two attached hydrogens (primary N) is 1. The van der Waals surface area contributed by atoms with Crippen molar-refractivity contribution < 1.29 is 4.79 Å². The van der Waals surface area contributed by atoms with E-state index in [1.54, 1.807) is 24.3 Å². The molecule has 3 rings (SSSR count). The van der Waals surface area contributed by atoms with Gasteiger partial charge in [0, 0.05) is 44.0 Å². The van der Waals surface area contributed by atoms with Crippen molar-refractivity contribution in [2.45, 2.75) is 13.5 Å². The van der Waals surface area contributed by atoms with E-state index < -0.39 is 0 Å². The summed E-state index contributed by atoms with van der Waals surface area (Å²) in [6, 6.07) is 15.7. The van der Waals surface area contributed by atoms with Gasteiger partial charge in [0.2, 0.25) is 0 Å². The summed E-state index contributed by atoms with van der Waals surface area (Å²) in [5, 5.41) is 0. The minimum atomic E-state index is 0. The molecule has 0 unspecified atom stereocenters. The normalized spacial score (nSPS) is 15.0. The quantitative estimate of drug-likeness (QED) is 0.870. The van der Waals surface area contributed by atoms with Gasteiger partial charge < -0.3 is 10.6 Å². The smallest absolute Gasteiger partial charge is 0.253 e. The fraction of sp³-hybridized carbons (Fsp3) is 0.316. The molecule has 0 saturated carbocycles. The number of piperazine rings is 1. The summed E-state index contributed by atoms with van der Waals surface area (Å²) >= 11 is 0. The van der Waals surface area contributed by atoms with Crippen molar-refractivity contribution >= 4 is 24.0 Å². The van der Waals surface area contributed by atoms with Crippen molar-refractivity contribution in [2.75, 3.05) is 31.9 Å². The number of benzene rings is 2. The van der Waals surface area contributed by atoms with E-state index in [9.17, 15) is 4.79 Å². The van der Waals surface area contributed by atoms with Crippen molar-refractivity contribution in [2.24, 2.45) is 0 Å². The molecule has 0 aliphatic carbocycles. The van der Waals surface area contributed by atoms with Gasteiger partial charge in [0.1, 0.15) is 0 Å². The Kier molecular flexibility index (Phi) is 6.23. The zero-order valence-electron chi connectivity index (χ0n) is 13.9. The molecule has 1 aliphatic rings. The van der Waals surface area contributed by atoms with E-state index in [1.165, 1.54) is 11.1 Å². The number of halogens is 1. The van der Waals surface area contributed by atoms with Gasteiger partial charge in [0.15, 0.2) is 0 Å². The largest absolute Gasteiger partial charge is 0.399 e. The van der Waals surface area contributed by atoms with Gasteiger partial charge in [-0.1, -0.05) is 24.3 Å². The van der Waals surface area contributed by atoms with Crippen LogP contribution in [0.15, 0.2) is 48.5 Å². The summed E-state index contributed by atoms with van der Waals surface area (Å²) < 4.78 is 0. The highest BCUT2D eigenvalue weighted by Crippen LogP contribution is 2.14. The second-order valence-electron chi connectivity index (χ2n) is 6.12. The van der Waals surface area contributed by atoms with Crippen molar-refractivity contribution in [3.63, 3.8) is 0 Å². The summed E-state index contributed by atoms with van der Waals surface area (Å²) in [5.41, 5.74) is 9.77. The van der Waals surface area contributed by atoms with Crippen LogP contribution in [0.3, 0.4) is 0 Å². The lowest BCUT2D eigenvalue weighted by atomic mass is 10.1. The van der Waals surface area contributed by atoms with Gasteiger partial charge >= 0.3 is 0 Å². The van der Waals surface area contributed by atoms with Gasteiger partial charge in [-0.05, 0) is 42.3 Å².